The summed E-state index contributed by atoms with van der Waals surface area (Å²) in [6, 6.07) is 1.88. The van der Waals surface area contributed by atoms with Crippen molar-refractivity contribution in [2.75, 3.05) is 20.1 Å². The van der Waals surface area contributed by atoms with Crippen molar-refractivity contribution in [1.29, 1.82) is 0 Å². The van der Waals surface area contributed by atoms with Crippen LogP contribution in [0.4, 0.5) is 4.79 Å². The number of amides is 1. The Morgan fingerprint density at radius 2 is 2.21 bits per heavy atom. The molecule has 1 N–H and O–H groups in total. The highest BCUT2D eigenvalue weighted by Crippen LogP contribution is 2.08. The number of likely N-dealkylation sites (N-methyl/N-ethyl adjacent to an activating group) is 1. The van der Waals surface area contributed by atoms with E-state index in [0.29, 0.717) is 19.6 Å². The molecule has 6 nitrogen and oxygen atoms in total. The van der Waals surface area contributed by atoms with Gasteiger partial charge in [-0.3, -0.25) is 0 Å². The van der Waals surface area contributed by atoms with Crippen LogP contribution in [-0.4, -0.2) is 41.9 Å². The average Bonchev–Trinajstić information content (AvgIpc) is 2.68. The summed E-state index contributed by atoms with van der Waals surface area (Å²) < 4.78 is 10.2. The fourth-order valence-corrected chi connectivity index (χ4v) is 1.40. The molecule has 0 aromatic carbocycles. The van der Waals surface area contributed by atoms with Crippen molar-refractivity contribution in [3.8, 4) is 0 Å². The van der Waals surface area contributed by atoms with Crippen molar-refractivity contribution >= 4 is 6.09 Å². The number of hydrogen-bond acceptors (Lipinski definition) is 5. The lowest BCUT2D eigenvalue weighted by Crippen LogP contribution is -2.37. The van der Waals surface area contributed by atoms with Crippen LogP contribution in [0.3, 0.4) is 0 Å². The first-order valence-corrected chi connectivity index (χ1v) is 6.35. The van der Waals surface area contributed by atoms with Gasteiger partial charge in [-0.1, -0.05) is 5.16 Å². The second-order valence-electron chi connectivity index (χ2n) is 5.51. The number of ether oxygens (including phenoxy) is 1. The second-order valence-corrected chi connectivity index (χ2v) is 5.51. The number of hydrogen-bond donors (Lipinski definition) is 1. The molecule has 1 aromatic rings. The monoisotopic (exact) mass is 269 g/mol. The summed E-state index contributed by atoms with van der Waals surface area (Å²) in [7, 11) is 1.72. The van der Waals surface area contributed by atoms with E-state index in [1.54, 1.807) is 11.9 Å². The first-order valence-electron chi connectivity index (χ1n) is 6.35. The van der Waals surface area contributed by atoms with Gasteiger partial charge < -0.3 is 19.5 Å². The second kappa shape index (κ2) is 6.56. The molecule has 0 saturated carbocycles. The maximum absolute atomic E-state index is 11.7. The van der Waals surface area contributed by atoms with E-state index in [0.717, 1.165) is 11.5 Å². The van der Waals surface area contributed by atoms with Gasteiger partial charge in [0.15, 0.2) is 0 Å². The van der Waals surface area contributed by atoms with E-state index in [-0.39, 0.29) is 6.09 Å². The summed E-state index contributed by atoms with van der Waals surface area (Å²) in [5, 5.41) is 7.06. The minimum Gasteiger partial charge on any atom is -0.444 e. The molecule has 0 aliphatic carbocycles. The minimum atomic E-state index is -0.461. The van der Waals surface area contributed by atoms with Crippen molar-refractivity contribution in [2.45, 2.75) is 39.8 Å². The molecule has 0 fully saturated rings. The number of nitrogens with zero attached hydrogens (tertiary/aromatic N) is 2. The SMILES string of the molecule is Cc1cc(CNCCN(C)C(=O)OC(C)(C)C)no1. The van der Waals surface area contributed by atoms with Crippen molar-refractivity contribution in [3.05, 3.63) is 17.5 Å². The molecule has 0 bridgehead atoms. The largest absolute Gasteiger partial charge is 0.444 e. The number of rotatable bonds is 5. The van der Waals surface area contributed by atoms with Gasteiger partial charge in [0.1, 0.15) is 11.4 Å². The maximum atomic E-state index is 11.7. The Hall–Kier alpha value is -1.56. The van der Waals surface area contributed by atoms with Crippen LogP contribution in [0.5, 0.6) is 0 Å². The smallest absolute Gasteiger partial charge is 0.410 e. The van der Waals surface area contributed by atoms with Gasteiger partial charge in [-0.2, -0.15) is 0 Å². The predicted molar refractivity (Wildman–Crippen MR) is 71.8 cm³/mol. The van der Waals surface area contributed by atoms with E-state index in [9.17, 15) is 4.79 Å². The molecule has 19 heavy (non-hydrogen) atoms. The average molecular weight is 269 g/mol. The number of aryl methyl sites for hydroxylation is 1. The minimum absolute atomic E-state index is 0.313. The molecule has 6 heteroatoms. The van der Waals surface area contributed by atoms with Gasteiger partial charge in [-0.25, -0.2) is 4.79 Å². The molecular weight excluding hydrogens is 246 g/mol. The lowest BCUT2D eigenvalue weighted by atomic mass is 10.2. The van der Waals surface area contributed by atoms with Crippen molar-refractivity contribution in [2.24, 2.45) is 0 Å². The topological polar surface area (TPSA) is 67.6 Å². The Balaban J connectivity index is 2.20. The lowest BCUT2D eigenvalue weighted by molar-refractivity contribution is 0.0300. The molecule has 0 aliphatic rings. The predicted octanol–water partition coefficient (Wildman–Crippen LogP) is 1.94. The van der Waals surface area contributed by atoms with Gasteiger partial charge in [0.25, 0.3) is 0 Å². The number of carbonyl (C=O) groups excluding carboxylic acids is 1. The van der Waals surface area contributed by atoms with Crippen molar-refractivity contribution in [3.63, 3.8) is 0 Å². The third-order valence-corrected chi connectivity index (χ3v) is 2.31. The number of aromatic nitrogens is 1. The van der Waals surface area contributed by atoms with E-state index >= 15 is 0 Å². The van der Waals surface area contributed by atoms with E-state index in [1.165, 1.54) is 0 Å². The van der Waals surface area contributed by atoms with E-state index < -0.39 is 5.60 Å². The standard InChI is InChI=1S/C13H23N3O3/c1-10-8-11(15-19-10)9-14-6-7-16(5)12(17)18-13(2,3)4/h8,14H,6-7,9H2,1-5H3. The van der Waals surface area contributed by atoms with Crippen LogP contribution in [0, 0.1) is 6.92 Å². The fourth-order valence-electron chi connectivity index (χ4n) is 1.40. The molecule has 0 spiro atoms. The van der Waals surface area contributed by atoms with E-state index in [4.69, 9.17) is 9.26 Å². The quantitative estimate of drug-likeness (QED) is 0.827. The molecule has 0 aliphatic heterocycles. The van der Waals surface area contributed by atoms with Crippen LogP contribution in [-0.2, 0) is 11.3 Å². The highest BCUT2D eigenvalue weighted by molar-refractivity contribution is 5.67. The molecule has 0 atom stereocenters. The third kappa shape index (κ3) is 6.24. The van der Waals surface area contributed by atoms with Crippen LogP contribution in [0.1, 0.15) is 32.2 Å². The van der Waals surface area contributed by atoms with Gasteiger partial charge in [-0.15, -0.1) is 0 Å². The van der Waals surface area contributed by atoms with Crippen molar-refractivity contribution in [1.82, 2.24) is 15.4 Å². The highest BCUT2D eigenvalue weighted by atomic mass is 16.6. The van der Waals surface area contributed by atoms with Crippen LogP contribution >= 0.6 is 0 Å². The molecule has 1 amide bonds. The zero-order valence-electron chi connectivity index (χ0n) is 12.3. The third-order valence-electron chi connectivity index (χ3n) is 2.31. The maximum Gasteiger partial charge on any atom is 0.410 e. The molecule has 1 rings (SSSR count). The van der Waals surface area contributed by atoms with Gasteiger partial charge >= 0.3 is 6.09 Å². The van der Waals surface area contributed by atoms with E-state index in [1.807, 2.05) is 33.8 Å². The Labute approximate surface area is 114 Å². The summed E-state index contributed by atoms with van der Waals surface area (Å²) in [6.07, 6.45) is -0.313. The number of carbonyl (C=O) groups is 1. The fraction of sp³-hybridized carbons (Fsp3) is 0.692. The zero-order chi connectivity index (χ0) is 14.5. The molecule has 0 saturated heterocycles. The summed E-state index contributed by atoms with van der Waals surface area (Å²) in [6.45, 7) is 9.28. The van der Waals surface area contributed by atoms with E-state index in [2.05, 4.69) is 10.5 Å². The van der Waals surface area contributed by atoms with Gasteiger partial charge in [0.2, 0.25) is 0 Å². The Kier molecular flexibility index (Phi) is 5.35. The van der Waals surface area contributed by atoms with Gasteiger partial charge in [0, 0.05) is 32.7 Å². The summed E-state index contributed by atoms with van der Waals surface area (Å²) in [5.74, 6) is 0.794. The molecule has 0 radical (unpaired) electrons. The molecular formula is C13H23N3O3. The van der Waals surface area contributed by atoms with Crippen LogP contribution in [0.25, 0.3) is 0 Å². The first-order chi connectivity index (χ1) is 8.78. The first kappa shape index (κ1) is 15.5. The Bertz CT molecular complexity index is 410. The van der Waals surface area contributed by atoms with Crippen LogP contribution in [0.15, 0.2) is 10.6 Å². The summed E-state index contributed by atoms with van der Waals surface area (Å²) in [4.78, 5) is 13.2. The Morgan fingerprint density at radius 1 is 1.53 bits per heavy atom. The van der Waals surface area contributed by atoms with Crippen LogP contribution in [0.2, 0.25) is 0 Å². The normalized spacial score (nSPS) is 11.4. The lowest BCUT2D eigenvalue weighted by Gasteiger charge is -2.24. The highest BCUT2D eigenvalue weighted by Gasteiger charge is 2.18. The molecule has 0 unspecified atom stereocenters. The zero-order valence-corrected chi connectivity index (χ0v) is 12.3. The van der Waals surface area contributed by atoms with Gasteiger partial charge in [-0.05, 0) is 27.7 Å². The molecule has 1 aromatic heterocycles. The molecule has 108 valence electrons. The summed E-state index contributed by atoms with van der Waals surface area (Å²) >= 11 is 0. The molecule has 1 heterocycles. The Morgan fingerprint density at radius 3 is 2.74 bits per heavy atom. The number of nitrogens with one attached hydrogen (secondary N) is 1. The van der Waals surface area contributed by atoms with Gasteiger partial charge in [0.05, 0.1) is 5.69 Å². The summed E-state index contributed by atoms with van der Waals surface area (Å²) in [5.41, 5.74) is 0.397. The van der Waals surface area contributed by atoms with Crippen molar-refractivity contribution < 1.29 is 14.1 Å². The van der Waals surface area contributed by atoms with Crippen LogP contribution < -0.4 is 5.32 Å².